The maximum atomic E-state index is 9.77. The van der Waals surface area contributed by atoms with Crippen molar-refractivity contribution < 1.29 is 9.84 Å². The zero-order valence-corrected chi connectivity index (χ0v) is 11.0. The van der Waals surface area contributed by atoms with Gasteiger partial charge in [0.05, 0.1) is 18.3 Å². The summed E-state index contributed by atoms with van der Waals surface area (Å²) in [5.41, 5.74) is 0.891. The summed E-state index contributed by atoms with van der Waals surface area (Å²) in [7, 11) is 0. The Morgan fingerprint density at radius 2 is 2.25 bits per heavy atom. The van der Waals surface area contributed by atoms with E-state index in [1.165, 1.54) is 0 Å². The van der Waals surface area contributed by atoms with Gasteiger partial charge in [0.15, 0.2) is 0 Å². The molecule has 0 aliphatic rings. The number of hydrogen-bond donors (Lipinski definition) is 2. The van der Waals surface area contributed by atoms with Gasteiger partial charge in [-0.2, -0.15) is 11.3 Å². The molecule has 2 N–H and O–H groups in total. The van der Waals surface area contributed by atoms with Crippen LogP contribution in [-0.4, -0.2) is 30.4 Å². The first-order chi connectivity index (χ1) is 7.49. The normalized spacial score (nSPS) is 14.0. The lowest BCUT2D eigenvalue weighted by molar-refractivity contribution is -0.00157. The van der Waals surface area contributed by atoms with Gasteiger partial charge in [0.1, 0.15) is 0 Å². The molecule has 0 spiro atoms. The van der Waals surface area contributed by atoms with E-state index in [1.807, 2.05) is 37.6 Å². The van der Waals surface area contributed by atoms with Crippen LogP contribution in [0.1, 0.15) is 32.4 Å². The molecule has 0 bridgehead atoms. The fraction of sp³-hybridized carbons (Fsp3) is 0.667. The average Bonchev–Trinajstić information content (AvgIpc) is 2.67. The highest BCUT2D eigenvalue weighted by molar-refractivity contribution is 7.07. The summed E-state index contributed by atoms with van der Waals surface area (Å²) in [5, 5.41) is 16.9. The summed E-state index contributed by atoms with van der Waals surface area (Å²) in [6.45, 7) is 8.11. The first-order valence-electron chi connectivity index (χ1n) is 5.54. The fourth-order valence-electron chi connectivity index (χ4n) is 1.25. The van der Waals surface area contributed by atoms with Crippen molar-refractivity contribution in [1.82, 2.24) is 5.32 Å². The predicted molar refractivity (Wildman–Crippen MR) is 67.9 cm³/mol. The van der Waals surface area contributed by atoms with E-state index in [0.717, 1.165) is 12.1 Å². The zero-order chi connectivity index (χ0) is 12.0. The Labute approximate surface area is 101 Å². The van der Waals surface area contributed by atoms with Crippen LogP contribution in [0.25, 0.3) is 0 Å². The molecule has 92 valence electrons. The summed E-state index contributed by atoms with van der Waals surface area (Å²) in [5.74, 6) is 0. The first kappa shape index (κ1) is 13.6. The smallest absolute Gasteiger partial charge is 0.0922 e. The highest BCUT2D eigenvalue weighted by Crippen LogP contribution is 2.14. The van der Waals surface area contributed by atoms with E-state index in [-0.39, 0.29) is 5.60 Å². The maximum Gasteiger partial charge on any atom is 0.0922 e. The topological polar surface area (TPSA) is 41.5 Å². The second-order valence-electron chi connectivity index (χ2n) is 4.74. The Morgan fingerprint density at radius 3 is 2.81 bits per heavy atom. The second kappa shape index (κ2) is 6.35. The highest BCUT2D eigenvalue weighted by atomic mass is 32.1. The molecule has 0 aliphatic heterocycles. The number of ether oxygens (including phenoxy) is 1. The molecule has 0 saturated heterocycles. The molecule has 0 amide bonds. The second-order valence-corrected chi connectivity index (χ2v) is 5.52. The molecule has 1 atom stereocenters. The van der Waals surface area contributed by atoms with E-state index >= 15 is 0 Å². The minimum Gasteiger partial charge on any atom is -0.387 e. The molecule has 0 fully saturated rings. The van der Waals surface area contributed by atoms with E-state index in [2.05, 4.69) is 5.32 Å². The zero-order valence-electron chi connectivity index (χ0n) is 10.2. The summed E-state index contributed by atoms with van der Waals surface area (Å²) in [6.07, 6.45) is -0.416. The Bertz CT molecular complexity index is 280. The van der Waals surface area contributed by atoms with Gasteiger partial charge in [0.2, 0.25) is 0 Å². The third-order valence-electron chi connectivity index (χ3n) is 2.08. The van der Waals surface area contributed by atoms with Crippen LogP contribution >= 0.6 is 11.3 Å². The van der Waals surface area contributed by atoms with Crippen LogP contribution in [0.3, 0.4) is 0 Å². The van der Waals surface area contributed by atoms with Crippen LogP contribution in [0.15, 0.2) is 16.8 Å². The Kier molecular flexibility index (Phi) is 5.41. The van der Waals surface area contributed by atoms with Gasteiger partial charge in [-0.25, -0.2) is 0 Å². The third kappa shape index (κ3) is 5.61. The lowest BCUT2D eigenvalue weighted by Crippen LogP contribution is -2.29. The van der Waals surface area contributed by atoms with Crippen LogP contribution in [0.5, 0.6) is 0 Å². The molecular formula is C12H21NO2S. The van der Waals surface area contributed by atoms with Crippen molar-refractivity contribution in [3.05, 3.63) is 22.4 Å². The number of aliphatic hydroxyl groups is 1. The van der Waals surface area contributed by atoms with Crippen LogP contribution in [0.2, 0.25) is 0 Å². The molecule has 0 aromatic carbocycles. The minimum absolute atomic E-state index is 0.0896. The molecule has 0 saturated carbocycles. The van der Waals surface area contributed by atoms with Crippen molar-refractivity contribution in [2.45, 2.75) is 32.5 Å². The van der Waals surface area contributed by atoms with E-state index in [9.17, 15) is 5.11 Å². The van der Waals surface area contributed by atoms with Crippen LogP contribution in [-0.2, 0) is 4.74 Å². The Morgan fingerprint density at radius 1 is 1.50 bits per heavy atom. The summed E-state index contributed by atoms with van der Waals surface area (Å²) >= 11 is 1.60. The van der Waals surface area contributed by atoms with Gasteiger partial charge < -0.3 is 15.2 Å². The molecule has 1 aromatic heterocycles. The number of aliphatic hydroxyl groups excluding tert-OH is 1. The molecular weight excluding hydrogens is 222 g/mol. The molecule has 1 rings (SSSR count). The van der Waals surface area contributed by atoms with Crippen molar-refractivity contribution in [1.29, 1.82) is 0 Å². The Balaban J connectivity index is 2.08. The third-order valence-corrected chi connectivity index (χ3v) is 2.78. The molecule has 16 heavy (non-hydrogen) atoms. The quantitative estimate of drug-likeness (QED) is 0.753. The minimum atomic E-state index is -0.416. The fourth-order valence-corrected chi connectivity index (χ4v) is 1.96. The molecule has 0 radical (unpaired) electrons. The summed E-state index contributed by atoms with van der Waals surface area (Å²) in [6, 6.07) is 1.95. The molecule has 4 heteroatoms. The van der Waals surface area contributed by atoms with Crippen molar-refractivity contribution in [2.75, 3.05) is 19.7 Å². The Hall–Kier alpha value is -0.420. The van der Waals surface area contributed by atoms with E-state index in [1.54, 1.807) is 11.3 Å². The first-order valence-corrected chi connectivity index (χ1v) is 6.48. The van der Waals surface area contributed by atoms with Gasteiger partial charge in [0, 0.05) is 13.1 Å². The van der Waals surface area contributed by atoms with Gasteiger partial charge in [0.25, 0.3) is 0 Å². The summed E-state index contributed by atoms with van der Waals surface area (Å²) < 4.78 is 5.56. The highest BCUT2D eigenvalue weighted by Gasteiger charge is 2.10. The van der Waals surface area contributed by atoms with Crippen molar-refractivity contribution in [3.63, 3.8) is 0 Å². The van der Waals surface area contributed by atoms with Gasteiger partial charge in [-0.15, -0.1) is 0 Å². The number of thiophene rings is 1. The number of hydrogen-bond acceptors (Lipinski definition) is 4. The number of nitrogens with one attached hydrogen (secondary N) is 1. The molecule has 1 aromatic rings. The van der Waals surface area contributed by atoms with Gasteiger partial charge in [-0.05, 0) is 43.2 Å². The standard InChI is InChI=1S/C12H21NO2S/c1-12(2,3)15-6-5-13-8-11(14)10-4-7-16-9-10/h4,7,9,11,13-14H,5-6,8H2,1-3H3. The monoisotopic (exact) mass is 243 g/mol. The largest absolute Gasteiger partial charge is 0.387 e. The predicted octanol–water partition coefficient (Wildman–Crippen LogP) is 2.19. The van der Waals surface area contributed by atoms with E-state index in [0.29, 0.717) is 13.2 Å². The maximum absolute atomic E-state index is 9.77. The lowest BCUT2D eigenvalue weighted by atomic mass is 10.2. The number of rotatable bonds is 6. The van der Waals surface area contributed by atoms with Crippen molar-refractivity contribution in [2.24, 2.45) is 0 Å². The van der Waals surface area contributed by atoms with Gasteiger partial charge in [-0.1, -0.05) is 0 Å². The molecule has 1 unspecified atom stereocenters. The van der Waals surface area contributed by atoms with Crippen molar-refractivity contribution in [3.8, 4) is 0 Å². The molecule has 0 aliphatic carbocycles. The average molecular weight is 243 g/mol. The molecule has 3 nitrogen and oxygen atoms in total. The van der Waals surface area contributed by atoms with E-state index < -0.39 is 6.10 Å². The van der Waals surface area contributed by atoms with Crippen LogP contribution in [0, 0.1) is 0 Å². The van der Waals surface area contributed by atoms with Gasteiger partial charge >= 0.3 is 0 Å². The van der Waals surface area contributed by atoms with Gasteiger partial charge in [-0.3, -0.25) is 0 Å². The van der Waals surface area contributed by atoms with Crippen LogP contribution < -0.4 is 5.32 Å². The van der Waals surface area contributed by atoms with Crippen molar-refractivity contribution >= 4 is 11.3 Å². The summed E-state index contributed by atoms with van der Waals surface area (Å²) in [4.78, 5) is 0. The SMILES string of the molecule is CC(C)(C)OCCNCC(O)c1ccsc1. The van der Waals surface area contributed by atoms with E-state index in [4.69, 9.17) is 4.74 Å². The lowest BCUT2D eigenvalue weighted by Gasteiger charge is -2.20. The molecule has 1 heterocycles. The van der Waals surface area contributed by atoms with Crippen LogP contribution in [0.4, 0.5) is 0 Å².